The molecule has 1 aliphatic heterocycles. The topological polar surface area (TPSA) is 76.0 Å². The maximum atomic E-state index is 13.4. The fraction of sp³-hybridized carbons (Fsp3) is 0.421. The summed E-state index contributed by atoms with van der Waals surface area (Å²) in [7, 11) is 0. The average molecular weight is 394 g/mol. The molecule has 0 saturated carbocycles. The molecule has 2 heterocycles. The number of amides is 1. The molecule has 2 atom stereocenters. The van der Waals surface area contributed by atoms with Gasteiger partial charge in [0.1, 0.15) is 0 Å². The Morgan fingerprint density at radius 1 is 1.32 bits per heavy atom. The number of halogens is 3. The average Bonchev–Trinajstić information content (AvgIpc) is 2.63. The number of piperidine rings is 1. The van der Waals surface area contributed by atoms with E-state index in [9.17, 15) is 22.8 Å². The van der Waals surface area contributed by atoms with Crippen LogP contribution in [0.3, 0.4) is 0 Å². The van der Waals surface area contributed by atoms with Crippen LogP contribution in [0.15, 0.2) is 35.1 Å². The van der Waals surface area contributed by atoms with Gasteiger partial charge in [-0.25, -0.2) is 4.68 Å². The summed E-state index contributed by atoms with van der Waals surface area (Å²) >= 11 is 0. The SMILES string of the molecule is Cc1cc(=O)c(C(=O)NC2CCCNC2C)nn1-c1ccccc1C(F)(F)F. The molecule has 2 unspecified atom stereocenters. The van der Waals surface area contributed by atoms with Crippen molar-refractivity contribution in [3.8, 4) is 5.69 Å². The predicted octanol–water partition coefficient (Wildman–Crippen LogP) is 2.43. The number of carbonyl (C=O) groups excluding carboxylic acids is 1. The van der Waals surface area contributed by atoms with Crippen molar-refractivity contribution in [2.45, 2.75) is 44.9 Å². The molecule has 6 nitrogen and oxygen atoms in total. The number of nitrogens with one attached hydrogen (secondary N) is 2. The third-order valence-corrected chi connectivity index (χ3v) is 4.84. The minimum atomic E-state index is -4.60. The van der Waals surface area contributed by atoms with Crippen LogP contribution in [-0.2, 0) is 6.18 Å². The molecule has 1 aromatic carbocycles. The number of para-hydroxylation sites is 1. The molecule has 0 aliphatic carbocycles. The van der Waals surface area contributed by atoms with E-state index in [4.69, 9.17) is 0 Å². The zero-order valence-electron chi connectivity index (χ0n) is 15.5. The number of hydrogen-bond acceptors (Lipinski definition) is 4. The first-order valence-electron chi connectivity index (χ1n) is 9.00. The molecule has 1 saturated heterocycles. The number of hydrogen-bond donors (Lipinski definition) is 2. The molecular formula is C19H21F3N4O2. The van der Waals surface area contributed by atoms with Crippen LogP contribution >= 0.6 is 0 Å². The van der Waals surface area contributed by atoms with Gasteiger partial charge in [0.05, 0.1) is 11.3 Å². The standard InChI is InChI=1S/C19H21F3N4O2/c1-11-10-16(27)17(18(28)24-14-7-5-9-23-12(14)2)25-26(11)15-8-4-3-6-13(15)19(20,21)22/h3-4,6,8,10,12,14,23H,5,7,9H2,1-2H3,(H,24,28). The first-order chi connectivity index (χ1) is 13.2. The van der Waals surface area contributed by atoms with Crippen molar-refractivity contribution >= 4 is 5.91 Å². The van der Waals surface area contributed by atoms with Crippen LogP contribution in [0, 0.1) is 6.92 Å². The van der Waals surface area contributed by atoms with Crippen molar-refractivity contribution in [1.29, 1.82) is 0 Å². The van der Waals surface area contributed by atoms with Crippen LogP contribution in [-0.4, -0.2) is 34.3 Å². The Labute approximate surface area is 159 Å². The van der Waals surface area contributed by atoms with Gasteiger partial charge in [-0.2, -0.15) is 18.3 Å². The number of alkyl halides is 3. The highest BCUT2D eigenvalue weighted by Gasteiger charge is 2.34. The molecule has 1 aliphatic rings. The Balaban J connectivity index is 2.00. The molecule has 2 aromatic rings. The summed E-state index contributed by atoms with van der Waals surface area (Å²) in [5.41, 5.74) is -2.00. The third kappa shape index (κ3) is 4.09. The highest BCUT2D eigenvalue weighted by molar-refractivity contribution is 5.92. The second-order valence-electron chi connectivity index (χ2n) is 6.89. The van der Waals surface area contributed by atoms with Crippen LogP contribution in [0.4, 0.5) is 13.2 Å². The quantitative estimate of drug-likeness (QED) is 0.839. The number of benzene rings is 1. The van der Waals surface area contributed by atoms with Gasteiger partial charge >= 0.3 is 6.18 Å². The zero-order chi connectivity index (χ0) is 20.5. The van der Waals surface area contributed by atoms with Crippen molar-refractivity contribution in [3.63, 3.8) is 0 Å². The summed E-state index contributed by atoms with van der Waals surface area (Å²) in [5.74, 6) is -0.691. The second-order valence-corrected chi connectivity index (χ2v) is 6.89. The molecule has 3 rings (SSSR count). The van der Waals surface area contributed by atoms with Crippen LogP contribution in [0.2, 0.25) is 0 Å². The van der Waals surface area contributed by atoms with E-state index in [2.05, 4.69) is 15.7 Å². The smallest absolute Gasteiger partial charge is 0.346 e. The molecule has 9 heteroatoms. The lowest BCUT2D eigenvalue weighted by Crippen LogP contribution is -2.52. The fourth-order valence-corrected chi connectivity index (χ4v) is 3.32. The molecule has 28 heavy (non-hydrogen) atoms. The lowest BCUT2D eigenvalue weighted by atomic mass is 10.00. The minimum Gasteiger partial charge on any atom is -0.346 e. The van der Waals surface area contributed by atoms with Gasteiger partial charge in [-0.15, -0.1) is 0 Å². The molecule has 0 spiro atoms. The van der Waals surface area contributed by atoms with Gasteiger partial charge in [0.15, 0.2) is 5.69 Å². The maximum absolute atomic E-state index is 13.4. The zero-order valence-corrected chi connectivity index (χ0v) is 15.5. The van der Waals surface area contributed by atoms with E-state index < -0.39 is 28.8 Å². The van der Waals surface area contributed by atoms with Crippen LogP contribution in [0.1, 0.15) is 41.5 Å². The molecule has 0 radical (unpaired) electrons. The first-order valence-corrected chi connectivity index (χ1v) is 9.00. The number of carbonyl (C=O) groups is 1. The first kappa shape index (κ1) is 20.1. The van der Waals surface area contributed by atoms with Gasteiger partial charge in [0.2, 0.25) is 5.43 Å². The van der Waals surface area contributed by atoms with Crippen molar-refractivity contribution in [2.75, 3.05) is 6.54 Å². The summed E-state index contributed by atoms with van der Waals surface area (Å²) < 4.78 is 41.1. The molecular weight excluding hydrogens is 373 g/mol. The summed E-state index contributed by atoms with van der Waals surface area (Å²) in [5, 5.41) is 9.98. The Hall–Kier alpha value is -2.68. The van der Waals surface area contributed by atoms with Gasteiger partial charge in [0, 0.05) is 23.8 Å². The maximum Gasteiger partial charge on any atom is 0.418 e. The second kappa shape index (κ2) is 7.75. The predicted molar refractivity (Wildman–Crippen MR) is 97.5 cm³/mol. The van der Waals surface area contributed by atoms with Gasteiger partial charge < -0.3 is 10.6 Å². The van der Waals surface area contributed by atoms with E-state index in [1.807, 2.05) is 6.92 Å². The van der Waals surface area contributed by atoms with Gasteiger partial charge in [0.25, 0.3) is 5.91 Å². The van der Waals surface area contributed by atoms with Crippen molar-refractivity contribution in [1.82, 2.24) is 20.4 Å². The Bertz CT molecular complexity index is 940. The number of nitrogens with zero attached hydrogens (tertiary/aromatic N) is 2. The highest BCUT2D eigenvalue weighted by Crippen LogP contribution is 2.33. The van der Waals surface area contributed by atoms with E-state index in [0.29, 0.717) is 0 Å². The molecule has 0 bridgehead atoms. The van der Waals surface area contributed by atoms with E-state index >= 15 is 0 Å². The van der Waals surface area contributed by atoms with E-state index in [0.717, 1.165) is 36.2 Å². The number of aromatic nitrogens is 2. The molecule has 1 amide bonds. The van der Waals surface area contributed by atoms with E-state index in [1.165, 1.54) is 25.1 Å². The Morgan fingerprint density at radius 3 is 2.71 bits per heavy atom. The summed E-state index contributed by atoms with van der Waals surface area (Å²) in [4.78, 5) is 24.9. The normalized spacial score (nSPS) is 20.0. The summed E-state index contributed by atoms with van der Waals surface area (Å²) in [6.07, 6.45) is -2.98. The van der Waals surface area contributed by atoms with Crippen molar-refractivity contribution in [2.24, 2.45) is 0 Å². The van der Waals surface area contributed by atoms with Crippen molar-refractivity contribution < 1.29 is 18.0 Å². The van der Waals surface area contributed by atoms with Crippen LogP contribution in [0.5, 0.6) is 0 Å². The molecule has 1 aromatic heterocycles. The monoisotopic (exact) mass is 394 g/mol. The molecule has 150 valence electrons. The number of rotatable bonds is 3. The largest absolute Gasteiger partial charge is 0.418 e. The van der Waals surface area contributed by atoms with Crippen molar-refractivity contribution in [3.05, 3.63) is 57.5 Å². The third-order valence-electron chi connectivity index (χ3n) is 4.84. The molecule has 1 fully saturated rings. The highest BCUT2D eigenvalue weighted by atomic mass is 19.4. The Morgan fingerprint density at radius 2 is 2.04 bits per heavy atom. The van der Waals surface area contributed by atoms with E-state index in [1.54, 1.807) is 0 Å². The van der Waals surface area contributed by atoms with Crippen LogP contribution in [0.25, 0.3) is 5.69 Å². The summed E-state index contributed by atoms with van der Waals surface area (Å²) in [6.45, 7) is 4.23. The lowest BCUT2D eigenvalue weighted by molar-refractivity contribution is -0.137. The van der Waals surface area contributed by atoms with Gasteiger partial charge in [-0.1, -0.05) is 12.1 Å². The van der Waals surface area contributed by atoms with Crippen LogP contribution < -0.4 is 16.1 Å². The number of aryl methyl sites for hydroxylation is 1. The molecule has 2 N–H and O–H groups in total. The van der Waals surface area contributed by atoms with Gasteiger partial charge in [-0.05, 0) is 45.4 Å². The summed E-state index contributed by atoms with van der Waals surface area (Å²) in [6, 6.07) is 5.87. The van der Waals surface area contributed by atoms with Gasteiger partial charge in [-0.3, -0.25) is 9.59 Å². The minimum absolute atomic E-state index is 0.0244. The Kier molecular flexibility index (Phi) is 5.55. The van der Waals surface area contributed by atoms with E-state index in [-0.39, 0.29) is 23.5 Å². The lowest BCUT2D eigenvalue weighted by Gasteiger charge is -2.30. The fourth-order valence-electron chi connectivity index (χ4n) is 3.32.